The largest absolute Gasteiger partial charge is 0.368 e. The third-order valence-electron chi connectivity index (χ3n) is 2.65. The molecule has 2 atom stereocenters. The standard InChI is InChI=1S/C10H19ClO2/c1-9(2)6-7(10(3,4)11)5-8(12)13-9/h7-8,12H,5-6H2,1-4H3/t7-,8?/m0/s1. The van der Waals surface area contributed by atoms with Crippen LogP contribution in [0.25, 0.3) is 0 Å². The summed E-state index contributed by atoms with van der Waals surface area (Å²) >= 11 is 6.24. The number of halogens is 1. The van der Waals surface area contributed by atoms with E-state index in [1.165, 1.54) is 0 Å². The molecule has 1 heterocycles. The number of aliphatic hydroxyl groups is 1. The van der Waals surface area contributed by atoms with Gasteiger partial charge in [0.1, 0.15) is 0 Å². The molecule has 0 aliphatic carbocycles. The lowest BCUT2D eigenvalue weighted by Crippen LogP contribution is -2.44. The van der Waals surface area contributed by atoms with Gasteiger partial charge in [-0.1, -0.05) is 0 Å². The van der Waals surface area contributed by atoms with Gasteiger partial charge in [-0.2, -0.15) is 0 Å². The molecule has 0 aromatic rings. The van der Waals surface area contributed by atoms with Gasteiger partial charge in [0.05, 0.1) is 5.60 Å². The average molecular weight is 207 g/mol. The first-order valence-corrected chi connectivity index (χ1v) is 5.13. The molecule has 1 saturated heterocycles. The topological polar surface area (TPSA) is 29.5 Å². The molecule has 1 aliphatic heterocycles. The van der Waals surface area contributed by atoms with Gasteiger partial charge in [0.25, 0.3) is 0 Å². The van der Waals surface area contributed by atoms with Crippen molar-refractivity contribution in [3.05, 3.63) is 0 Å². The van der Waals surface area contributed by atoms with E-state index in [4.69, 9.17) is 16.3 Å². The van der Waals surface area contributed by atoms with Gasteiger partial charge < -0.3 is 9.84 Å². The van der Waals surface area contributed by atoms with Crippen molar-refractivity contribution < 1.29 is 9.84 Å². The zero-order chi connectivity index (χ0) is 10.3. The van der Waals surface area contributed by atoms with E-state index in [9.17, 15) is 5.11 Å². The first-order chi connectivity index (χ1) is 5.71. The van der Waals surface area contributed by atoms with Crippen molar-refractivity contribution in [3.8, 4) is 0 Å². The van der Waals surface area contributed by atoms with Crippen LogP contribution in [0.1, 0.15) is 40.5 Å². The van der Waals surface area contributed by atoms with E-state index in [-0.39, 0.29) is 10.5 Å². The normalized spacial score (nSPS) is 34.6. The molecule has 3 heteroatoms. The highest BCUT2D eigenvalue weighted by Gasteiger charge is 2.40. The summed E-state index contributed by atoms with van der Waals surface area (Å²) in [6, 6.07) is 0. The van der Waals surface area contributed by atoms with Crippen LogP contribution in [0.5, 0.6) is 0 Å². The lowest BCUT2D eigenvalue weighted by molar-refractivity contribution is -0.216. The van der Waals surface area contributed by atoms with E-state index < -0.39 is 6.29 Å². The number of rotatable bonds is 1. The monoisotopic (exact) mass is 206 g/mol. The summed E-state index contributed by atoms with van der Waals surface area (Å²) in [5.41, 5.74) is -0.255. The molecule has 1 aliphatic rings. The third-order valence-corrected chi connectivity index (χ3v) is 2.96. The second-order valence-corrected chi connectivity index (χ2v) is 6.01. The minimum atomic E-state index is -0.660. The Kier molecular flexibility index (Phi) is 2.96. The Morgan fingerprint density at radius 2 is 2.00 bits per heavy atom. The highest BCUT2D eigenvalue weighted by molar-refractivity contribution is 6.23. The fourth-order valence-electron chi connectivity index (χ4n) is 1.91. The van der Waals surface area contributed by atoms with Gasteiger partial charge in [-0.05, 0) is 40.0 Å². The zero-order valence-electron chi connectivity index (χ0n) is 8.80. The van der Waals surface area contributed by atoms with Crippen molar-refractivity contribution in [2.75, 3.05) is 0 Å². The summed E-state index contributed by atoms with van der Waals surface area (Å²) in [7, 11) is 0. The molecule has 1 N–H and O–H groups in total. The Hall–Kier alpha value is 0.210. The zero-order valence-corrected chi connectivity index (χ0v) is 9.56. The van der Waals surface area contributed by atoms with Crippen molar-refractivity contribution in [2.24, 2.45) is 5.92 Å². The molecule has 1 fully saturated rings. The Morgan fingerprint density at radius 3 is 2.38 bits per heavy atom. The summed E-state index contributed by atoms with van der Waals surface area (Å²) < 4.78 is 5.40. The second kappa shape index (κ2) is 3.41. The van der Waals surface area contributed by atoms with Crippen LogP contribution in [-0.4, -0.2) is 21.9 Å². The molecule has 0 aromatic heterocycles. The van der Waals surface area contributed by atoms with E-state index in [2.05, 4.69) is 0 Å². The Morgan fingerprint density at radius 1 is 1.46 bits per heavy atom. The molecular weight excluding hydrogens is 188 g/mol. The number of alkyl halides is 1. The van der Waals surface area contributed by atoms with Gasteiger partial charge >= 0.3 is 0 Å². The van der Waals surface area contributed by atoms with E-state index in [1.807, 2.05) is 27.7 Å². The fraction of sp³-hybridized carbons (Fsp3) is 1.00. The van der Waals surface area contributed by atoms with E-state index in [0.29, 0.717) is 12.3 Å². The number of ether oxygens (including phenoxy) is 1. The lowest BCUT2D eigenvalue weighted by Gasteiger charge is -2.42. The second-order valence-electron chi connectivity index (χ2n) is 5.03. The molecule has 1 unspecified atom stereocenters. The average Bonchev–Trinajstić information content (AvgIpc) is 1.79. The highest BCUT2D eigenvalue weighted by Crippen LogP contribution is 2.40. The summed E-state index contributed by atoms with van der Waals surface area (Å²) in [6.45, 7) is 7.97. The lowest BCUT2D eigenvalue weighted by atomic mass is 9.80. The predicted molar refractivity (Wildman–Crippen MR) is 53.8 cm³/mol. The van der Waals surface area contributed by atoms with Crippen LogP contribution in [-0.2, 0) is 4.74 Å². The van der Waals surface area contributed by atoms with Crippen molar-refractivity contribution in [2.45, 2.75) is 57.3 Å². The highest BCUT2D eigenvalue weighted by atomic mass is 35.5. The molecule has 0 radical (unpaired) electrons. The Balaban J connectivity index is 2.69. The smallest absolute Gasteiger partial charge is 0.155 e. The summed E-state index contributed by atoms with van der Waals surface area (Å²) in [5.74, 6) is 0.313. The van der Waals surface area contributed by atoms with Gasteiger partial charge in [-0.25, -0.2) is 0 Å². The van der Waals surface area contributed by atoms with E-state index in [0.717, 1.165) is 6.42 Å². The summed E-state index contributed by atoms with van der Waals surface area (Å²) in [4.78, 5) is -0.262. The van der Waals surface area contributed by atoms with Crippen LogP contribution >= 0.6 is 11.6 Å². The molecule has 0 bridgehead atoms. The molecular formula is C10H19ClO2. The quantitative estimate of drug-likeness (QED) is 0.669. The van der Waals surface area contributed by atoms with Crippen LogP contribution in [0.2, 0.25) is 0 Å². The van der Waals surface area contributed by atoms with Gasteiger partial charge in [0.15, 0.2) is 6.29 Å². The minimum Gasteiger partial charge on any atom is -0.368 e. The molecule has 0 saturated carbocycles. The summed E-state index contributed by atoms with van der Waals surface area (Å²) in [6.07, 6.45) is 0.882. The maximum absolute atomic E-state index is 9.50. The molecule has 78 valence electrons. The van der Waals surface area contributed by atoms with Crippen molar-refractivity contribution in [3.63, 3.8) is 0 Å². The van der Waals surface area contributed by atoms with Gasteiger partial charge in [-0.3, -0.25) is 0 Å². The van der Waals surface area contributed by atoms with E-state index >= 15 is 0 Å². The Bertz CT molecular complexity index is 184. The molecule has 2 nitrogen and oxygen atoms in total. The van der Waals surface area contributed by atoms with Crippen LogP contribution in [0.4, 0.5) is 0 Å². The van der Waals surface area contributed by atoms with Crippen LogP contribution in [0.15, 0.2) is 0 Å². The van der Waals surface area contributed by atoms with E-state index in [1.54, 1.807) is 0 Å². The van der Waals surface area contributed by atoms with Crippen LogP contribution < -0.4 is 0 Å². The fourth-order valence-corrected chi connectivity index (χ4v) is 2.07. The van der Waals surface area contributed by atoms with Gasteiger partial charge in [0, 0.05) is 11.3 Å². The predicted octanol–water partition coefficient (Wildman–Crippen LogP) is 2.53. The molecule has 0 aromatic carbocycles. The van der Waals surface area contributed by atoms with Gasteiger partial charge in [-0.15, -0.1) is 11.6 Å². The van der Waals surface area contributed by atoms with Gasteiger partial charge in [0.2, 0.25) is 0 Å². The molecule has 0 spiro atoms. The maximum atomic E-state index is 9.50. The minimum absolute atomic E-state index is 0.255. The number of aliphatic hydroxyl groups excluding tert-OH is 1. The maximum Gasteiger partial charge on any atom is 0.155 e. The SMILES string of the molecule is CC1(C)C[C@@H](C(C)(C)Cl)CC(O)O1. The van der Waals surface area contributed by atoms with Crippen LogP contribution in [0, 0.1) is 5.92 Å². The van der Waals surface area contributed by atoms with Crippen molar-refractivity contribution >= 4 is 11.6 Å². The summed E-state index contributed by atoms with van der Waals surface area (Å²) in [5, 5.41) is 9.50. The van der Waals surface area contributed by atoms with Crippen molar-refractivity contribution in [1.29, 1.82) is 0 Å². The first kappa shape index (κ1) is 11.3. The van der Waals surface area contributed by atoms with Crippen molar-refractivity contribution in [1.82, 2.24) is 0 Å². The number of hydrogen-bond acceptors (Lipinski definition) is 2. The van der Waals surface area contributed by atoms with Crippen LogP contribution in [0.3, 0.4) is 0 Å². The number of hydrogen-bond donors (Lipinski definition) is 1. The molecule has 13 heavy (non-hydrogen) atoms. The third kappa shape index (κ3) is 3.12. The first-order valence-electron chi connectivity index (χ1n) is 4.75. The molecule has 0 amide bonds. The molecule has 1 rings (SSSR count). The Labute approximate surface area is 85.2 Å².